The predicted octanol–water partition coefficient (Wildman–Crippen LogP) is 3.40. The fraction of sp³-hybridized carbons (Fsp3) is 0.280. The number of nitrogens with zero attached hydrogens (tertiary/aromatic N) is 1. The molecule has 1 fully saturated rings. The first-order chi connectivity index (χ1) is 15.9. The lowest BCUT2D eigenvalue weighted by atomic mass is 9.89. The van der Waals surface area contributed by atoms with Gasteiger partial charge in [0.2, 0.25) is 0 Å². The van der Waals surface area contributed by atoms with E-state index in [1.165, 1.54) is 4.90 Å². The van der Waals surface area contributed by atoms with Crippen LogP contribution < -0.4 is 0 Å². The summed E-state index contributed by atoms with van der Waals surface area (Å²) in [6, 6.07) is 16.2. The summed E-state index contributed by atoms with van der Waals surface area (Å²) in [5.74, 6) is -3.87. The molecule has 0 saturated carbocycles. The van der Waals surface area contributed by atoms with E-state index in [0.29, 0.717) is 5.56 Å². The van der Waals surface area contributed by atoms with E-state index in [4.69, 9.17) is 14.2 Å². The van der Waals surface area contributed by atoms with E-state index in [1.54, 1.807) is 12.1 Å². The van der Waals surface area contributed by atoms with Crippen molar-refractivity contribution in [3.8, 4) is 0 Å². The average Bonchev–Trinajstić information content (AvgIpc) is 3.20. The van der Waals surface area contributed by atoms with Gasteiger partial charge < -0.3 is 14.2 Å². The number of rotatable bonds is 9. The molecule has 8 heteroatoms. The van der Waals surface area contributed by atoms with Gasteiger partial charge in [-0.15, -0.1) is 0 Å². The van der Waals surface area contributed by atoms with Crippen LogP contribution in [0.15, 0.2) is 73.3 Å². The van der Waals surface area contributed by atoms with Gasteiger partial charge in [-0.25, -0.2) is 4.79 Å². The lowest BCUT2D eigenvalue weighted by Crippen LogP contribution is -2.50. The summed E-state index contributed by atoms with van der Waals surface area (Å²) in [7, 11) is 2.24. The Labute approximate surface area is 191 Å². The maximum Gasteiger partial charge on any atom is 0.411 e. The topological polar surface area (TPSA) is 99.2 Å². The molecule has 2 aromatic rings. The normalized spacial score (nSPS) is 18.4. The highest BCUT2D eigenvalue weighted by molar-refractivity contribution is 5.98. The molecule has 33 heavy (non-hydrogen) atoms. The van der Waals surface area contributed by atoms with Crippen LogP contribution in [-0.4, -0.2) is 49.0 Å². The van der Waals surface area contributed by atoms with E-state index in [-0.39, 0.29) is 6.42 Å². The minimum Gasteiger partial charge on any atom is -0.468 e. The van der Waals surface area contributed by atoms with Crippen LogP contribution in [0.5, 0.6) is 0 Å². The summed E-state index contributed by atoms with van der Waals surface area (Å²) in [6.07, 6.45) is -0.777. The number of hydrogen-bond acceptors (Lipinski definition) is 7. The van der Waals surface area contributed by atoms with Gasteiger partial charge in [0, 0.05) is 6.42 Å². The van der Waals surface area contributed by atoms with Gasteiger partial charge in [-0.2, -0.15) is 0 Å². The summed E-state index contributed by atoms with van der Waals surface area (Å²) in [4.78, 5) is 52.2. The molecule has 0 bridgehead atoms. The molecule has 0 aromatic heterocycles. The molecule has 1 aliphatic heterocycles. The summed E-state index contributed by atoms with van der Waals surface area (Å²) in [6.45, 7) is 3.47. The summed E-state index contributed by atoms with van der Waals surface area (Å²) in [5, 5.41) is 0. The molecular formula is C25H25NO7. The third kappa shape index (κ3) is 4.95. The smallest absolute Gasteiger partial charge is 0.411 e. The average molecular weight is 451 g/mol. The van der Waals surface area contributed by atoms with Crippen molar-refractivity contribution in [1.29, 1.82) is 0 Å². The van der Waals surface area contributed by atoms with Crippen molar-refractivity contribution in [2.24, 2.45) is 5.92 Å². The van der Waals surface area contributed by atoms with E-state index < -0.39 is 47.9 Å². The lowest BCUT2D eigenvalue weighted by molar-refractivity contribution is -0.162. The number of methoxy groups -OCH3 is 2. The van der Waals surface area contributed by atoms with Gasteiger partial charge >= 0.3 is 18.0 Å². The Morgan fingerprint density at radius 1 is 0.970 bits per heavy atom. The molecule has 0 N–H and O–H groups in total. The van der Waals surface area contributed by atoms with Gasteiger partial charge in [0.1, 0.15) is 6.04 Å². The van der Waals surface area contributed by atoms with Crippen LogP contribution in [0.25, 0.3) is 0 Å². The van der Waals surface area contributed by atoms with Gasteiger partial charge in [-0.1, -0.05) is 67.2 Å². The number of benzene rings is 2. The zero-order valence-electron chi connectivity index (χ0n) is 18.4. The molecule has 0 spiro atoms. The van der Waals surface area contributed by atoms with Crippen LogP contribution in [0.3, 0.4) is 0 Å². The number of ketones is 1. The Kier molecular flexibility index (Phi) is 7.61. The highest BCUT2D eigenvalue weighted by Crippen LogP contribution is 2.45. The van der Waals surface area contributed by atoms with Gasteiger partial charge in [0.15, 0.2) is 17.8 Å². The maximum absolute atomic E-state index is 13.2. The minimum absolute atomic E-state index is 0.349. The van der Waals surface area contributed by atoms with Gasteiger partial charge in [-0.05, 0) is 17.2 Å². The van der Waals surface area contributed by atoms with Crippen molar-refractivity contribution in [2.45, 2.75) is 24.6 Å². The molecule has 1 heterocycles. The molecule has 0 unspecified atom stereocenters. The SMILES string of the molecule is C=CC(=O)C[C@H](C(C(=O)OC)C(=O)OC)N1C(=O)O[C@H](c2ccccc2)[C@@H]1c1ccccc1. The molecule has 172 valence electrons. The second kappa shape index (κ2) is 10.6. The zero-order valence-corrected chi connectivity index (χ0v) is 18.4. The Bertz CT molecular complexity index is 1010. The molecule has 2 aromatic carbocycles. The summed E-state index contributed by atoms with van der Waals surface area (Å²) >= 11 is 0. The number of cyclic esters (lactones) is 1. The quantitative estimate of drug-likeness (QED) is 0.249. The Morgan fingerprint density at radius 2 is 1.48 bits per heavy atom. The van der Waals surface area contributed by atoms with Crippen molar-refractivity contribution in [3.63, 3.8) is 0 Å². The number of hydrogen-bond donors (Lipinski definition) is 0. The number of esters is 2. The number of ether oxygens (including phenoxy) is 3. The molecule has 3 rings (SSSR count). The van der Waals surface area contributed by atoms with Crippen molar-refractivity contribution < 1.29 is 33.4 Å². The Hall–Kier alpha value is -3.94. The van der Waals surface area contributed by atoms with Crippen LogP contribution in [0.1, 0.15) is 29.7 Å². The van der Waals surface area contributed by atoms with Crippen LogP contribution in [0, 0.1) is 5.92 Å². The van der Waals surface area contributed by atoms with E-state index in [2.05, 4.69) is 6.58 Å². The number of allylic oxidation sites excluding steroid dienone is 1. The number of amides is 1. The minimum atomic E-state index is -1.56. The number of carbonyl (C=O) groups excluding carboxylic acids is 4. The highest BCUT2D eigenvalue weighted by atomic mass is 16.6. The lowest BCUT2D eigenvalue weighted by Gasteiger charge is -2.34. The summed E-state index contributed by atoms with van der Waals surface area (Å²) in [5.41, 5.74) is 1.44. The number of carbonyl (C=O) groups is 4. The van der Waals surface area contributed by atoms with Gasteiger partial charge in [-0.3, -0.25) is 19.3 Å². The van der Waals surface area contributed by atoms with E-state index in [9.17, 15) is 19.2 Å². The fourth-order valence-corrected chi connectivity index (χ4v) is 4.04. The third-order valence-corrected chi connectivity index (χ3v) is 5.58. The molecule has 0 radical (unpaired) electrons. The Balaban J connectivity index is 2.17. The zero-order chi connectivity index (χ0) is 24.0. The first-order valence-corrected chi connectivity index (χ1v) is 10.3. The molecule has 1 aliphatic rings. The molecular weight excluding hydrogens is 426 g/mol. The standard InChI is InChI=1S/C25H25NO7/c1-4-18(27)15-19(20(23(28)31-2)24(29)32-3)26-21(16-11-7-5-8-12-16)22(33-25(26)30)17-13-9-6-10-14-17/h4-14,19-22H,1,15H2,2-3H3/t19-,21+,22-/m1/s1. The van der Waals surface area contributed by atoms with Gasteiger partial charge in [0.25, 0.3) is 0 Å². The fourth-order valence-electron chi connectivity index (χ4n) is 4.04. The van der Waals surface area contributed by atoms with Crippen molar-refractivity contribution >= 4 is 23.8 Å². The molecule has 1 amide bonds. The van der Waals surface area contributed by atoms with Crippen LogP contribution in [0.2, 0.25) is 0 Å². The van der Waals surface area contributed by atoms with Gasteiger partial charge in [0.05, 0.1) is 20.3 Å². The third-order valence-electron chi connectivity index (χ3n) is 5.58. The van der Waals surface area contributed by atoms with Crippen LogP contribution >= 0.6 is 0 Å². The maximum atomic E-state index is 13.2. The summed E-state index contributed by atoms with van der Waals surface area (Å²) < 4.78 is 15.4. The largest absolute Gasteiger partial charge is 0.468 e. The van der Waals surface area contributed by atoms with Crippen LogP contribution in [-0.2, 0) is 28.6 Å². The molecule has 3 atom stereocenters. The monoisotopic (exact) mass is 451 g/mol. The molecule has 1 saturated heterocycles. The van der Waals surface area contributed by atoms with Crippen molar-refractivity contribution in [3.05, 3.63) is 84.4 Å². The second-order valence-electron chi connectivity index (χ2n) is 7.44. The molecule has 8 nitrogen and oxygen atoms in total. The highest BCUT2D eigenvalue weighted by Gasteiger charge is 2.52. The predicted molar refractivity (Wildman–Crippen MR) is 118 cm³/mol. The van der Waals surface area contributed by atoms with E-state index in [0.717, 1.165) is 25.9 Å². The first kappa shape index (κ1) is 23.7. The second-order valence-corrected chi connectivity index (χ2v) is 7.44. The van der Waals surface area contributed by atoms with Crippen LogP contribution in [0.4, 0.5) is 4.79 Å². The van der Waals surface area contributed by atoms with E-state index >= 15 is 0 Å². The van der Waals surface area contributed by atoms with Crippen molar-refractivity contribution in [1.82, 2.24) is 4.90 Å². The Morgan fingerprint density at radius 3 is 1.97 bits per heavy atom. The first-order valence-electron chi connectivity index (χ1n) is 10.3. The van der Waals surface area contributed by atoms with E-state index in [1.807, 2.05) is 48.5 Å². The van der Waals surface area contributed by atoms with Crippen molar-refractivity contribution in [2.75, 3.05) is 14.2 Å². The molecule has 0 aliphatic carbocycles.